The summed E-state index contributed by atoms with van der Waals surface area (Å²) in [7, 11) is -3.59. The van der Waals surface area contributed by atoms with Crippen molar-refractivity contribution in [1.29, 1.82) is 0 Å². The Labute approximate surface area is 159 Å². The molecule has 1 heterocycles. The van der Waals surface area contributed by atoms with Gasteiger partial charge < -0.3 is 5.32 Å². The number of benzene rings is 1. The summed E-state index contributed by atoms with van der Waals surface area (Å²) in [5.74, 6) is -0.624. The maximum Gasteiger partial charge on any atom is 0.224 e. The summed E-state index contributed by atoms with van der Waals surface area (Å²) >= 11 is 12.2. The first-order valence-electron chi connectivity index (χ1n) is 8.53. The van der Waals surface area contributed by atoms with Crippen molar-refractivity contribution in [2.45, 2.75) is 38.4 Å². The number of unbranched alkanes of at least 4 members (excludes halogenated alkanes) is 1. The van der Waals surface area contributed by atoms with E-state index in [2.05, 4.69) is 12.2 Å². The van der Waals surface area contributed by atoms with E-state index in [4.69, 9.17) is 23.2 Å². The molecule has 0 aliphatic carbocycles. The average Bonchev–Trinajstić information content (AvgIpc) is 2.58. The van der Waals surface area contributed by atoms with Crippen LogP contribution in [0.2, 0.25) is 10.0 Å². The zero-order chi connectivity index (χ0) is 18.4. The van der Waals surface area contributed by atoms with Crippen LogP contribution in [0.1, 0.15) is 38.2 Å². The number of carbonyl (C=O) groups excluding carboxylic acids is 1. The van der Waals surface area contributed by atoms with Crippen LogP contribution in [0.4, 0.5) is 0 Å². The molecule has 1 saturated heterocycles. The second kappa shape index (κ2) is 9.21. The van der Waals surface area contributed by atoms with Gasteiger partial charge >= 0.3 is 0 Å². The molecule has 1 aromatic carbocycles. The number of carbonyl (C=O) groups is 1. The van der Waals surface area contributed by atoms with Crippen molar-refractivity contribution in [3.63, 3.8) is 0 Å². The Balaban J connectivity index is 2.05. The van der Waals surface area contributed by atoms with Crippen molar-refractivity contribution in [2.24, 2.45) is 5.92 Å². The molecule has 8 heteroatoms. The molecule has 0 bridgehead atoms. The SMILES string of the molecule is CCCCNC(=O)C1CCCN(S(=O)(=O)Cc2c(Cl)cccc2Cl)C1. The zero-order valence-electron chi connectivity index (χ0n) is 14.3. The van der Waals surface area contributed by atoms with Crippen molar-refractivity contribution in [3.05, 3.63) is 33.8 Å². The number of amides is 1. The second-order valence-electron chi connectivity index (χ2n) is 6.30. The van der Waals surface area contributed by atoms with Gasteiger partial charge in [0.05, 0.1) is 11.7 Å². The minimum Gasteiger partial charge on any atom is -0.356 e. The fraction of sp³-hybridized carbons (Fsp3) is 0.588. The third-order valence-electron chi connectivity index (χ3n) is 4.37. The summed E-state index contributed by atoms with van der Waals surface area (Å²) in [6.45, 7) is 3.32. The van der Waals surface area contributed by atoms with Crippen molar-refractivity contribution >= 4 is 39.1 Å². The highest BCUT2D eigenvalue weighted by atomic mass is 35.5. The molecular formula is C17H24Cl2N2O3S. The lowest BCUT2D eigenvalue weighted by atomic mass is 9.99. The molecule has 0 radical (unpaired) electrons. The van der Waals surface area contributed by atoms with Crippen LogP contribution in [0.5, 0.6) is 0 Å². The predicted molar refractivity (Wildman–Crippen MR) is 101 cm³/mol. The number of nitrogens with zero attached hydrogens (tertiary/aromatic N) is 1. The van der Waals surface area contributed by atoms with E-state index in [1.54, 1.807) is 18.2 Å². The molecule has 0 aromatic heterocycles. The summed E-state index contributed by atoms with van der Waals surface area (Å²) in [4.78, 5) is 12.2. The molecular weight excluding hydrogens is 383 g/mol. The fourth-order valence-electron chi connectivity index (χ4n) is 2.89. The Hall–Kier alpha value is -0.820. The highest BCUT2D eigenvalue weighted by molar-refractivity contribution is 7.88. The first-order valence-corrected chi connectivity index (χ1v) is 10.9. The van der Waals surface area contributed by atoms with Gasteiger partial charge in [-0.1, -0.05) is 42.6 Å². The minimum atomic E-state index is -3.59. The van der Waals surface area contributed by atoms with Crippen molar-refractivity contribution in [3.8, 4) is 0 Å². The van der Waals surface area contributed by atoms with Crippen molar-refractivity contribution in [2.75, 3.05) is 19.6 Å². The molecule has 1 unspecified atom stereocenters. The lowest BCUT2D eigenvalue weighted by Gasteiger charge is -2.31. The number of hydrogen-bond acceptors (Lipinski definition) is 3. The Morgan fingerprint density at radius 1 is 1.32 bits per heavy atom. The van der Waals surface area contributed by atoms with E-state index in [9.17, 15) is 13.2 Å². The fourth-order valence-corrected chi connectivity index (χ4v) is 5.25. The van der Waals surface area contributed by atoms with E-state index < -0.39 is 10.0 Å². The third-order valence-corrected chi connectivity index (χ3v) is 6.85. The van der Waals surface area contributed by atoms with Crippen LogP contribution in [0, 0.1) is 5.92 Å². The van der Waals surface area contributed by atoms with Gasteiger partial charge in [0, 0.05) is 35.2 Å². The molecule has 1 aliphatic heterocycles. The molecule has 1 aliphatic rings. The first kappa shape index (κ1) is 20.5. The molecule has 1 fully saturated rings. The molecule has 0 spiro atoms. The van der Waals surface area contributed by atoms with Crippen LogP contribution in [-0.4, -0.2) is 38.3 Å². The Bertz CT molecular complexity index is 690. The number of hydrogen-bond donors (Lipinski definition) is 1. The van der Waals surface area contributed by atoms with Gasteiger partial charge in [-0.15, -0.1) is 0 Å². The van der Waals surface area contributed by atoms with E-state index in [1.807, 2.05) is 0 Å². The standard InChI is InChI=1S/C17H24Cl2N2O3S/c1-2-3-9-20-17(22)13-6-5-10-21(11-13)25(23,24)12-14-15(18)7-4-8-16(14)19/h4,7-8,13H,2-3,5-6,9-12H2,1H3,(H,20,22). The van der Waals surface area contributed by atoms with Crippen LogP contribution in [0.3, 0.4) is 0 Å². The van der Waals surface area contributed by atoms with Gasteiger partial charge in [-0.3, -0.25) is 4.79 Å². The first-order chi connectivity index (χ1) is 11.8. The van der Waals surface area contributed by atoms with Crippen LogP contribution in [-0.2, 0) is 20.6 Å². The summed E-state index contributed by atoms with van der Waals surface area (Å²) in [6, 6.07) is 4.93. The normalized spacial score (nSPS) is 18.9. The van der Waals surface area contributed by atoms with Crippen molar-refractivity contribution < 1.29 is 13.2 Å². The maximum absolute atomic E-state index is 12.8. The van der Waals surface area contributed by atoms with Gasteiger partial charge in [-0.2, -0.15) is 0 Å². The molecule has 0 saturated carbocycles. The van der Waals surface area contributed by atoms with Crippen molar-refractivity contribution in [1.82, 2.24) is 9.62 Å². The van der Waals surface area contributed by atoms with Crippen LogP contribution in [0.25, 0.3) is 0 Å². The largest absolute Gasteiger partial charge is 0.356 e. The van der Waals surface area contributed by atoms with E-state index in [0.717, 1.165) is 12.8 Å². The highest BCUT2D eigenvalue weighted by Gasteiger charge is 2.33. The van der Waals surface area contributed by atoms with Crippen LogP contribution >= 0.6 is 23.2 Å². The smallest absolute Gasteiger partial charge is 0.224 e. The quantitative estimate of drug-likeness (QED) is 0.704. The monoisotopic (exact) mass is 406 g/mol. The van der Waals surface area contributed by atoms with E-state index in [1.165, 1.54) is 4.31 Å². The molecule has 1 atom stereocenters. The van der Waals surface area contributed by atoms with Gasteiger partial charge in [0.1, 0.15) is 0 Å². The molecule has 1 amide bonds. The lowest BCUT2D eigenvalue weighted by Crippen LogP contribution is -2.45. The third kappa shape index (κ3) is 5.58. The molecule has 2 rings (SSSR count). The molecule has 25 heavy (non-hydrogen) atoms. The number of halogens is 2. The number of piperidine rings is 1. The predicted octanol–water partition coefficient (Wildman–Crippen LogP) is 3.45. The lowest BCUT2D eigenvalue weighted by molar-refractivity contribution is -0.126. The second-order valence-corrected chi connectivity index (χ2v) is 9.08. The van der Waals surface area contributed by atoms with E-state index in [-0.39, 0.29) is 24.1 Å². The molecule has 5 nitrogen and oxygen atoms in total. The summed E-state index contributed by atoms with van der Waals surface area (Å²) in [5, 5.41) is 3.56. The summed E-state index contributed by atoms with van der Waals surface area (Å²) in [5.41, 5.74) is 0.403. The van der Waals surface area contributed by atoms with Gasteiger partial charge in [0.2, 0.25) is 15.9 Å². The molecule has 140 valence electrons. The minimum absolute atomic E-state index is 0.0656. The van der Waals surface area contributed by atoms with E-state index >= 15 is 0 Å². The molecule has 1 aromatic rings. The Morgan fingerprint density at radius 3 is 2.64 bits per heavy atom. The van der Waals surface area contributed by atoms with Crippen LogP contribution < -0.4 is 5.32 Å². The average molecular weight is 407 g/mol. The number of sulfonamides is 1. The zero-order valence-corrected chi connectivity index (χ0v) is 16.6. The summed E-state index contributed by atoms with van der Waals surface area (Å²) in [6.07, 6.45) is 3.30. The molecule has 1 N–H and O–H groups in total. The maximum atomic E-state index is 12.8. The van der Waals surface area contributed by atoms with Gasteiger partial charge in [0.25, 0.3) is 0 Å². The van der Waals surface area contributed by atoms with Gasteiger partial charge in [0.15, 0.2) is 0 Å². The van der Waals surface area contributed by atoms with Gasteiger partial charge in [-0.05, 0) is 31.4 Å². The van der Waals surface area contributed by atoms with Gasteiger partial charge in [-0.25, -0.2) is 12.7 Å². The number of nitrogens with one attached hydrogen (secondary N) is 1. The summed E-state index contributed by atoms with van der Waals surface area (Å²) < 4.78 is 26.9. The topological polar surface area (TPSA) is 66.5 Å². The highest BCUT2D eigenvalue weighted by Crippen LogP contribution is 2.28. The van der Waals surface area contributed by atoms with E-state index in [0.29, 0.717) is 41.5 Å². The Kier molecular flexibility index (Phi) is 7.55. The van der Waals surface area contributed by atoms with Crippen LogP contribution in [0.15, 0.2) is 18.2 Å². The Morgan fingerprint density at radius 2 is 2.00 bits per heavy atom. The number of rotatable bonds is 7.